The maximum absolute atomic E-state index is 12.2. The molecule has 2 heterocycles. The van der Waals surface area contributed by atoms with Crippen LogP contribution in [-0.2, 0) is 11.3 Å². The summed E-state index contributed by atoms with van der Waals surface area (Å²) < 4.78 is 0. The van der Waals surface area contributed by atoms with Crippen LogP contribution in [-0.4, -0.2) is 40.1 Å². The minimum Gasteiger partial charge on any atom is -0.481 e. The highest BCUT2D eigenvalue weighted by Gasteiger charge is 2.25. The number of likely N-dealkylation sites (tertiary alicyclic amines) is 1. The number of hydrogen-bond acceptors (Lipinski definition) is 3. The maximum Gasteiger partial charge on any atom is 0.317 e. The lowest BCUT2D eigenvalue weighted by Crippen LogP contribution is -2.45. The molecular formula is C15H21N3O3. The van der Waals surface area contributed by atoms with Crippen molar-refractivity contribution < 1.29 is 14.7 Å². The lowest BCUT2D eigenvalue weighted by Gasteiger charge is -2.32. The van der Waals surface area contributed by atoms with Gasteiger partial charge in [-0.1, -0.05) is 0 Å². The van der Waals surface area contributed by atoms with Crippen LogP contribution in [0.5, 0.6) is 0 Å². The molecule has 0 saturated carbocycles. The van der Waals surface area contributed by atoms with E-state index in [9.17, 15) is 9.59 Å². The van der Waals surface area contributed by atoms with E-state index in [1.807, 2.05) is 13.0 Å². The lowest BCUT2D eigenvalue weighted by molar-refractivity contribution is -0.138. The third-order valence-corrected chi connectivity index (χ3v) is 3.84. The number of carbonyl (C=O) groups excluding carboxylic acids is 1. The number of rotatable bonds is 4. The van der Waals surface area contributed by atoms with Crippen molar-refractivity contribution in [1.29, 1.82) is 0 Å². The molecule has 1 aromatic rings. The molecule has 2 amide bonds. The van der Waals surface area contributed by atoms with Gasteiger partial charge in [0.2, 0.25) is 0 Å². The molecule has 1 aromatic heterocycles. The summed E-state index contributed by atoms with van der Waals surface area (Å²) in [5.41, 5.74) is 2.08. The highest BCUT2D eigenvalue weighted by atomic mass is 16.4. The molecule has 0 spiro atoms. The van der Waals surface area contributed by atoms with Crippen LogP contribution in [0.4, 0.5) is 4.79 Å². The molecule has 0 radical (unpaired) electrons. The highest BCUT2D eigenvalue weighted by molar-refractivity contribution is 5.74. The van der Waals surface area contributed by atoms with Crippen LogP contribution in [0.25, 0.3) is 0 Å². The summed E-state index contributed by atoms with van der Waals surface area (Å²) in [5, 5.41) is 11.7. The zero-order valence-corrected chi connectivity index (χ0v) is 12.2. The molecule has 0 aromatic carbocycles. The topological polar surface area (TPSA) is 82.5 Å². The van der Waals surface area contributed by atoms with Crippen molar-refractivity contribution in [2.45, 2.75) is 32.7 Å². The number of nitrogens with one attached hydrogen (secondary N) is 1. The van der Waals surface area contributed by atoms with Gasteiger partial charge in [0.05, 0.1) is 0 Å². The third-order valence-electron chi connectivity index (χ3n) is 3.84. The molecule has 1 fully saturated rings. The van der Waals surface area contributed by atoms with Crippen molar-refractivity contribution in [3.63, 3.8) is 0 Å². The van der Waals surface area contributed by atoms with Gasteiger partial charge in [0.1, 0.15) is 0 Å². The molecule has 1 saturated heterocycles. The van der Waals surface area contributed by atoms with Crippen molar-refractivity contribution in [1.82, 2.24) is 15.2 Å². The summed E-state index contributed by atoms with van der Waals surface area (Å²) in [6.45, 7) is 3.64. The van der Waals surface area contributed by atoms with Crippen molar-refractivity contribution in [2.75, 3.05) is 13.1 Å². The smallest absolute Gasteiger partial charge is 0.317 e. The number of nitrogens with zero attached hydrogens (tertiary/aromatic N) is 2. The fraction of sp³-hybridized carbons (Fsp3) is 0.533. The Morgan fingerprint density at radius 1 is 1.52 bits per heavy atom. The second kappa shape index (κ2) is 7.06. The number of aromatic nitrogens is 1. The summed E-state index contributed by atoms with van der Waals surface area (Å²) in [7, 11) is 0. The molecule has 6 nitrogen and oxygen atoms in total. The fourth-order valence-electron chi connectivity index (χ4n) is 2.65. The van der Waals surface area contributed by atoms with Crippen LogP contribution in [0, 0.1) is 12.8 Å². The first kappa shape index (κ1) is 15.3. The standard InChI is InChI=1S/C15H21N3O3/c1-11-8-16-5-4-13(11)9-17-15(21)18-6-2-3-12(10-18)7-14(19)20/h4-5,8,12H,2-3,6-7,9-10H2,1H3,(H,17,21)(H,19,20). The first-order valence-electron chi connectivity index (χ1n) is 7.20. The number of aryl methyl sites for hydroxylation is 1. The number of carboxylic acid groups (broad SMARTS) is 1. The Labute approximate surface area is 124 Å². The molecule has 114 valence electrons. The lowest BCUT2D eigenvalue weighted by atomic mass is 9.95. The summed E-state index contributed by atoms with van der Waals surface area (Å²) >= 11 is 0. The number of pyridine rings is 1. The monoisotopic (exact) mass is 291 g/mol. The Kier molecular flexibility index (Phi) is 5.14. The zero-order chi connectivity index (χ0) is 15.2. The second-order valence-electron chi connectivity index (χ2n) is 5.51. The molecule has 0 aliphatic carbocycles. The van der Waals surface area contributed by atoms with Crippen LogP contribution >= 0.6 is 0 Å². The number of amides is 2. The fourth-order valence-corrected chi connectivity index (χ4v) is 2.65. The van der Waals surface area contributed by atoms with Gasteiger partial charge in [-0.25, -0.2) is 4.79 Å². The van der Waals surface area contributed by atoms with E-state index in [0.29, 0.717) is 19.6 Å². The molecule has 2 N–H and O–H groups in total. The van der Waals surface area contributed by atoms with Gasteiger partial charge in [-0.2, -0.15) is 0 Å². The summed E-state index contributed by atoms with van der Waals surface area (Å²) in [6, 6.07) is 1.76. The van der Waals surface area contributed by atoms with E-state index in [-0.39, 0.29) is 18.4 Å². The van der Waals surface area contributed by atoms with E-state index in [0.717, 1.165) is 24.0 Å². The molecule has 0 bridgehead atoms. The first-order chi connectivity index (χ1) is 10.1. The Morgan fingerprint density at radius 2 is 2.33 bits per heavy atom. The van der Waals surface area contributed by atoms with Gasteiger partial charge in [-0.15, -0.1) is 0 Å². The molecular weight excluding hydrogens is 270 g/mol. The Bertz CT molecular complexity index is 519. The van der Waals surface area contributed by atoms with Gasteiger partial charge >= 0.3 is 12.0 Å². The van der Waals surface area contributed by atoms with E-state index in [4.69, 9.17) is 5.11 Å². The first-order valence-corrected chi connectivity index (χ1v) is 7.20. The summed E-state index contributed by atoms with van der Waals surface area (Å²) in [4.78, 5) is 28.7. The summed E-state index contributed by atoms with van der Waals surface area (Å²) in [6.07, 6.45) is 5.34. The quantitative estimate of drug-likeness (QED) is 0.886. The van der Waals surface area contributed by atoms with Gasteiger partial charge in [0.15, 0.2) is 0 Å². The van der Waals surface area contributed by atoms with E-state index >= 15 is 0 Å². The van der Waals surface area contributed by atoms with Crippen LogP contribution in [0.15, 0.2) is 18.5 Å². The average Bonchev–Trinajstić information content (AvgIpc) is 2.45. The molecule has 1 unspecified atom stereocenters. The largest absolute Gasteiger partial charge is 0.481 e. The Balaban J connectivity index is 1.85. The number of aliphatic carboxylic acids is 1. The number of hydrogen-bond donors (Lipinski definition) is 2. The number of urea groups is 1. The molecule has 1 aliphatic rings. The van der Waals surface area contributed by atoms with Gasteiger partial charge in [-0.05, 0) is 42.9 Å². The van der Waals surface area contributed by atoms with Crippen LogP contribution in [0.1, 0.15) is 30.4 Å². The highest BCUT2D eigenvalue weighted by Crippen LogP contribution is 2.19. The van der Waals surface area contributed by atoms with E-state index < -0.39 is 5.97 Å². The van der Waals surface area contributed by atoms with Crippen molar-refractivity contribution in [3.05, 3.63) is 29.6 Å². The predicted octanol–water partition coefficient (Wildman–Crippen LogP) is 1.79. The van der Waals surface area contributed by atoms with Gasteiger partial charge < -0.3 is 15.3 Å². The molecule has 1 atom stereocenters. The van der Waals surface area contributed by atoms with Crippen molar-refractivity contribution in [2.24, 2.45) is 5.92 Å². The van der Waals surface area contributed by atoms with Crippen LogP contribution in [0.2, 0.25) is 0 Å². The summed E-state index contributed by atoms with van der Waals surface area (Å²) in [5.74, 6) is -0.737. The second-order valence-corrected chi connectivity index (χ2v) is 5.51. The Hall–Kier alpha value is -2.11. The number of carbonyl (C=O) groups is 2. The minimum absolute atomic E-state index is 0.0599. The number of piperidine rings is 1. The SMILES string of the molecule is Cc1cnccc1CNC(=O)N1CCCC(CC(=O)O)C1. The van der Waals surface area contributed by atoms with E-state index in [1.165, 1.54) is 0 Å². The van der Waals surface area contributed by atoms with E-state index in [1.54, 1.807) is 17.3 Å². The normalized spacial score (nSPS) is 18.3. The van der Waals surface area contributed by atoms with Crippen molar-refractivity contribution >= 4 is 12.0 Å². The molecule has 1 aliphatic heterocycles. The van der Waals surface area contributed by atoms with Crippen LogP contribution < -0.4 is 5.32 Å². The van der Waals surface area contributed by atoms with Gasteiger partial charge in [0.25, 0.3) is 0 Å². The molecule has 2 rings (SSSR count). The van der Waals surface area contributed by atoms with Gasteiger partial charge in [-0.3, -0.25) is 9.78 Å². The number of carboxylic acids is 1. The minimum atomic E-state index is -0.797. The average molecular weight is 291 g/mol. The Morgan fingerprint density at radius 3 is 3.05 bits per heavy atom. The third kappa shape index (κ3) is 4.44. The maximum atomic E-state index is 12.2. The molecule has 6 heteroatoms. The van der Waals surface area contributed by atoms with E-state index in [2.05, 4.69) is 10.3 Å². The zero-order valence-electron chi connectivity index (χ0n) is 12.2. The van der Waals surface area contributed by atoms with Crippen LogP contribution in [0.3, 0.4) is 0 Å². The van der Waals surface area contributed by atoms with Gasteiger partial charge in [0, 0.05) is 38.4 Å². The van der Waals surface area contributed by atoms with Crippen molar-refractivity contribution in [3.8, 4) is 0 Å². The molecule has 21 heavy (non-hydrogen) atoms. The predicted molar refractivity (Wildman–Crippen MR) is 77.8 cm³/mol.